The van der Waals surface area contributed by atoms with Crippen LogP contribution in [-0.4, -0.2) is 68.8 Å². The van der Waals surface area contributed by atoms with E-state index in [1.54, 1.807) is 43.0 Å². The summed E-state index contributed by atoms with van der Waals surface area (Å²) >= 11 is 13.0. The molecule has 0 saturated carbocycles. The number of carbonyl (C=O) groups is 2. The average Bonchev–Trinajstić information content (AvgIpc) is 3.97. The third kappa shape index (κ3) is 12.4. The van der Waals surface area contributed by atoms with Crippen molar-refractivity contribution in [2.75, 3.05) is 42.4 Å². The van der Waals surface area contributed by atoms with Gasteiger partial charge in [-0.1, -0.05) is 23.2 Å². The Balaban J connectivity index is 0.000000191. The monoisotopic (exact) mass is 1090 g/mol. The highest BCUT2D eigenvalue weighted by Gasteiger charge is 2.22. The number of carbonyl (C=O) groups excluding carboxylic acids is 2. The lowest BCUT2D eigenvalue weighted by molar-refractivity contribution is 0.158. The molecule has 29 heteroatoms. The van der Waals surface area contributed by atoms with Crippen molar-refractivity contribution in [3.63, 3.8) is 0 Å². The van der Waals surface area contributed by atoms with Gasteiger partial charge in [0, 0.05) is 25.5 Å². The zero-order valence-electron chi connectivity index (χ0n) is 36.6. The van der Waals surface area contributed by atoms with Crippen molar-refractivity contribution in [1.82, 2.24) is 28.5 Å². The first-order valence-corrected chi connectivity index (χ1v) is 25.2. The predicted molar refractivity (Wildman–Crippen MR) is 269 cm³/mol. The molecular weight excluding hydrogens is 1060 g/mol. The largest absolute Gasteiger partial charge is 0.449 e. The van der Waals surface area contributed by atoms with E-state index in [2.05, 4.69) is 30.7 Å². The van der Waals surface area contributed by atoms with Crippen molar-refractivity contribution in [1.29, 1.82) is 0 Å². The molecule has 71 heavy (non-hydrogen) atoms. The van der Waals surface area contributed by atoms with Gasteiger partial charge in [-0.3, -0.25) is 9.59 Å². The van der Waals surface area contributed by atoms with Gasteiger partial charge in [-0.05, 0) is 104 Å². The molecule has 9 N–H and O–H groups in total. The third-order valence-corrected chi connectivity index (χ3v) is 15.5. The molecule has 0 bridgehead atoms. The van der Waals surface area contributed by atoms with Crippen molar-refractivity contribution in [2.45, 2.75) is 15.3 Å². The number of amides is 3. The van der Waals surface area contributed by atoms with Crippen molar-refractivity contribution in [3.8, 4) is 11.4 Å². The molecule has 4 heterocycles. The Labute approximate surface area is 416 Å². The third-order valence-electron chi connectivity index (χ3n) is 9.39. The Morgan fingerprint density at radius 2 is 1.08 bits per heavy atom. The van der Waals surface area contributed by atoms with Crippen LogP contribution < -0.4 is 53.6 Å². The van der Waals surface area contributed by atoms with Crippen molar-refractivity contribution in [2.24, 2.45) is 0 Å². The molecule has 8 rings (SSSR count). The first-order valence-electron chi connectivity index (χ1n) is 19.9. The zero-order chi connectivity index (χ0) is 51.9. The van der Waals surface area contributed by atoms with Crippen LogP contribution in [0.1, 0.15) is 6.92 Å². The van der Waals surface area contributed by atoms with Gasteiger partial charge in [-0.25, -0.2) is 63.4 Å². The van der Waals surface area contributed by atoms with E-state index in [1.165, 1.54) is 67.7 Å². The minimum Gasteiger partial charge on any atom is -0.449 e. The average molecular weight is 1090 g/mol. The number of ether oxygens (including phenoxy) is 1. The van der Waals surface area contributed by atoms with E-state index in [0.717, 1.165) is 43.9 Å². The molecular formula is C42H36Cl2F2N10O11S4. The number of aromatic nitrogens is 4. The number of nitrogens with zero attached hydrogens (tertiary/aromatic N) is 2. The summed E-state index contributed by atoms with van der Waals surface area (Å²) in [6, 6.07) is 21.0. The van der Waals surface area contributed by atoms with Crippen LogP contribution in [0.25, 0.3) is 33.2 Å². The lowest BCUT2D eigenvalue weighted by atomic mass is 10.2. The number of anilines is 4. The molecule has 372 valence electrons. The molecule has 0 aliphatic carbocycles. The van der Waals surface area contributed by atoms with Crippen molar-refractivity contribution in [3.05, 3.63) is 159 Å². The molecule has 3 amide bonds. The fourth-order valence-corrected chi connectivity index (χ4v) is 10.9. The van der Waals surface area contributed by atoms with Gasteiger partial charge < -0.3 is 36.4 Å². The SMILES string of the molecule is CCOC(=O)NS(=O)(=O)c1ccc(Cl)s1.CNc1cc2[nH]c(=O)n(-c3ccc(N)cc3)c(=O)c2cc1F.CNc1cc2[nH]c(=O)n(-c3ccc(NC(=O)NS(=O)(=O)c4ccc(Cl)s4)cc3)c(=O)c2cc1F. The molecule has 0 unspecified atom stereocenters. The number of hydrogen-bond donors (Lipinski definition) is 8. The van der Waals surface area contributed by atoms with Crippen LogP contribution in [0.2, 0.25) is 8.67 Å². The van der Waals surface area contributed by atoms with E-state index < -0.39 is 66.3 Å². The molecule has 21 nitrogen and oxygen atoms in total. The molecule has 0 atom stereocenters. The maximum Gasteiger partial charge on any atom is 0.421 e. The van der Waals surface area contributed by atoms with E-state index in [0.29, 0.717) is 15.7 Å². The zero-order valence-corrected chi connectivity index (χ0v) is 41.3. The maximum absolute atomic E-state index is 14.1. The van der Waals surface area contributed by atoms with Gasteiger partial charge in [-0.2, -0.15) is 0 Å². The van der Waals surface area contributed by atoms with Gasteiger partial charge in [0.05, 0.1) is 59.8 Å². The number of halogens is 4. The van der Waals surface area contributed by atoms with Gasteiger partial charge in [0.25, 0.3) is 31.2 Å². The van der Waals surface area contributed by atoms with Crippen LogP contribution in [0.4, 0.5) is 41.1 Å². The first-order chi connectivity index (χ1) is 33.5. The lowest BCUT2D eigenvalue weighted by Crippen LogP contribution is -2.34. The number of nitrogen functional groups attached to an aromatic ring is 1. The number of nitrogens with one attached hydrogen (secondary N) is 7. The fraction of sp³-hybridized carbons (Fsp3) is 0.0952. The van der Waals surface area contributed by atoms with Crippen LogP contribution in [-0.2, 0) is 24.8 Å². The van der Waals surface area contributed by atoms with Gasteiger partial charge in [0.1, 0.15) is 20.1 Å². The number of benzene rings is 4. The van der Waals surface area contributed by atoms with Gasteiger partial charge in [-0.15, -0.1) is 22.7 Å². The van der Waals surface area contributed by atoms with E-state index in [-0.39, 0.29) is 63.9 Å². The first kappa shape index (κ1) is 52.8. The summed E-state index contributed by atoms with van der Waals surface area (Å²) in [5.74, 6) is -1.22. The quantitative estimate of drug-likeness (QED) is 0.0691. The van der Waals surface area contributed by atoms with Crippen molar-refractivity contribution >= 4 is 123 Å². The predicted octanol–water partition coefficient (Wildman–Crippen LogP) is 6.36. The minimum atomic E-state index is -4.10. The fourth-order valence-electron chi connectivity index (χ4n) is 6.18. The second-order valence-corrected chi connectivity index (χ2v) is 21.3. The van der Waals surface area contributed by atoms with Crippen LogP contribution in [0.15, 0.2) is 125 Å². The molecule has 8 aromatic rings. The molecule has 4 aromatic heterocycles. The summed E-state index contributed by atoms with van der Waals surface area (Å²) in [4.78, 5) is 78.2. The highest BCUT2D eigenvalue weighted by molar-refractivity contribution is 7.92. The molecule has 0 saturated heterocycles. The number of sulfonamides is 2. The summed E-state index contributed by atoms with van der Waals surface area (Å²) in [7, 11) is -4.90. The Hall–Kier alpha value is -7.56. The second kappa shape index (κ2) is 22.0. The smallest absolute Gasteiger partial charge is 0.421 e. The van der Waals surface area contributed by atoms with Crippen LogP contribution in [0, 0.1) is 11.6 Å². The molecule has 0 aliphatic heterocycles. The minimum absolute atomic E-state index is 0.0273. The summed E-state index contributed by atoms with van der Waals surface area (Å²) in [5.41, 5.74) is 4.90. The van der Waals surface area contributed by atoms with Crippen LogP contribution in [0.3, 0.4) is 0 Å². The van der Waals surface area contributed by atoms with Crippen LogP contribution >= 0.6 is 45.9 Å². The van der Waals surface area contributed by atoms with Crippen molar-refractivity contribution < 1.29 is 39.9 Å². The molecule has 4 aromatic carbocycles. The van der Waals surface area contributed by atoms with Gasteiger partial charge in [0.15, 0.2) is 0 Å². The second-order valence-electron chi connectivity index (χ2n) is 14.0. The summed E-state index contributed by atoms with van der Waals surface area (Å²) in [6.07, 6.45) is -0.998. The Morgan fingerprint density at radius 1 is 0.662 bits per heavy atom. The number of hydrogen-bond acceptors (Lipinski definition) is 16. The molecule has 0 aliphatic rings. The number of thiophene rings is 2. The van der Waals surface area contributed by atoms with Gasteiger partial charge in [0.2, 0.25) is 0 Å². The standard InChI is InChI=1S/C20H15ClFN5O5S2.C15H13FN4O2.C7H8ClNO4S2/c1-23-15-9-14-12(8-13(15)22)18(28)27(20(30)25-14)11-4-2-10(3-5-11)24-19(29)26-34(31,32)17-7-6-16(21)33-17;1-18-13-7-12-10(6-11(13)16)14(21)20(15(22)19-12)9-4-2-8(17)3-5-9;1-2-13-7(10)9-15(11,12)6-4-3-5(8)14-6/h2-9,23H,1H3,(H,25,30)(H2,24,26,29);2-7,18H,17H2,1H3,(H,19,22);3-4H,2H2,1H3,(H,9,10). The van der Waals surface area contributed by atoms with E-state index in [4.69, 9.17) is 28.9 Å². The Kier molecular flexibility index (Phi) is 16.4. The number of nitrogens with two attached hydrogens (primary N) is 1. The topological polar surface area (TPSA) is 308 Å². The van der Waals surface area contributed by atoms with E-state index in [9.17, 15) is 54.4 Å². The highest BCUT2D eigenvalue weighted by Crippen LogP contribution is 2.27. The van der Waals surface area contributed by atoms with E-state index >= 15 is 0 Å². The molecule has 0 radical (unpaired) electrons. The normalized spacial score (nSPS) is 11.1. The Bertz CT molecular complexity index is 3810. The number of urea groups is 1. The highest BCUT2D eigenvalue weighted by atomic mass is 35.5. The maximum atomic E-state index is 14.1. The molecule has 0 spiro atoms. The van der Waals surface area contributed by atoms with Crippen LogP contribution in [0.5, 0.6) is 0 Å². The summed E-state index contributed by atoms with van der Waals surface area (Å²) in [6.45, 7) is 1.68. The Morgan fingerprint density at radius 3 is 1.48 bits per heavy atom. The number of aromatic amines is 2. The number of H-pyrrole nitrogens is 2. The van der Waals surface area contributed by atoms with E-state index in [1.807, 2.05) is 4.72 Å². The summed E-state index contributed by atoms with van der Waals surface area (Å²) < 4.78 is 85.6. The lowest BCUT2D eigenvalue weighted by Gasteiger charge is -2.10. The van der Waals surface area contributed by atoms with Gasteiger partial charge >= 0.3 is 23.5 Å². The summed E-state index contributed by atoms with van der Waals surface area (Å²) in [5, 5.41) is 7.69. The number of fused-ring (bicyclic) bond motifs is 2. The number of rotatable bonds is 10. The molecule has 0 fully saturated rings.